The molecule has 0 aliphatic rings. The van der Waals surface area contributed by atoms with Crippen molar-refractivity contribution in [1.29, 1.82) is 0 Å². The van der Waals surface area contributed by atoms with Gasteiger partial charge in [-0.3, -0.25) is 5.43 Å². The Morgan fingerprint density at radius 3 is 2.74 bits per heavy atom. The smallest absolute Gasteiger partial charge is 0.191 e. The summed E-state index contributed by atoms with van der Waals surface area (Å²) in [6, 6.07) is 11.0. The van der Waals surface area contributed by atoms with Crippen LogP contribution in [0.1, 0.15) is 5.76 Å². The number of nitrogens with zero attached hydrogens (tertiary/aromatic N) is 1. The first-order chi connectivity index (χ1) is 9.28. The lowest BCUT2D eigenvalue weighted by Gasteiger charge is -2.07. The van der Waals surface area contributed by atoms with Crippen molar-refractivity contribution in [1.82, 2.24) is 5.43 Å². The molecule has 0 saturated carbocycles. The Bertz CT molecular complexity index is 550. The van der Waals surface area contributed by atoms with Crippen LogP contribution in [0.25, 0.3) is 0 Å². The molecule has 2 rings (SSSR count). The fraction of sp³-hybridized carbons (Fsp3) is 0.0769. The van der Waals surface area contributed by atoms with Gasteiger partial charge >= 0.3 is 0 Å². The van der Waals surface area contributed by atoms with Crippen LogP contribution in [0.15, 0.2) is 52.2 Å². The van der Waals surface area contributed by atoms with Crippen LogP contribution in [0.5, 0.6) is 5.75 Å². The number of thiocarbonyl (C=S) groups is 1. The normalized spacial score (nSPS) is 10.4. The standard InChI is InChI=1S/C13H13N3O2S/c1-17-11-6-4-10(5-7-11)15-13(19)16-14-9-12-3-2-8-18-12/h2-9H,1H3,(H2,15,16,19)/b14-9-. The molecule has 0 aliphatic heterocycles. The van der Waals surface area contributed by atoms with Gasteiger partial charge in [0.15, 0.2) is 5.11 Å². The van der Waals surface area contributed by atoms with E-state index in [9.17, 15) is 0 Å². The van der Waals surface area contributed by atoms with Crippen LogP contribution in [-0.2, 0) is 0 Å². The average molecular weight is 275 g/mol. The SMILES string of the molecule is COc1ccc(NC(=S)N/N=C\c2ccco2)cc1. The van der Waals surface area contributed by atoms with Gasteiger partial charge in [0, 0.05) is 5.69 Å². The molecule has 0 fully saturated rings. The molecule has 19 heavy (non-hydrogen) atoms. The highest BCUT2D eigenvalue weighted by atomic mass is 32.1. The van der Waals surface area contributed by atoms with E-state index in [1.165, 1.54) is 0 Å². The van der Waals surface area contributed by atoms with Gasteiger partial charge in [-0.15, -0.1) is 0 Å². The molecule has 2 N–H and O–H groups in total. The van der Waals surface area contributed by atoms with Gasteiger partial charge in [0.1, 0.15) is 11.5 Å². The van der Waals surface area contributed by atoms with Crippen LogP contribution in [0.3, 0.4) is 0 Å². The zero-order valence-corrected chi connectivity index (χ0v) is 11.1. The summed E-state index contributed by atoms with van der Waals surface area (Å²) >= 11 is 5.09. The number of anilines is 1. The molecule has 0 atom stereocenters. The largest absolute Gasteiger partial charge is 0.497 e. The summed E-state index contributed by atoms with van der Waals surface area (Å²) in [7, 11) is 1.62. The Morgan fingerprint density at radius 1 is 1.32 bits per heavy atom. The first kappa shape index (κ1) is 13.1. The lowest BCUT2D eigenvalue weighted by molar-refractivity contribution is 0.415. The molecule has 0 amide bonds. The Balaban J connectivity index is 1.83. The average Bonchev–Trinajstić information content (AvgIpc) is 2.93. The van der Waals surface area contributed by atoms with Crippen molar-refractivity contribution in [3.63, 3.8) is 0 Å². The predicted octanol–water partition coefficient (Wildman–Crippen LogP) is 2.61. The molecule has 1 aromatic carbocycles. The van der Waals surface area contributed by atoms with Crippen LogP contribution in [0.2, 0.25) is 0 Å². The Kier molecular flexibility index (Phi) is 4.52. The van der Waals surface area contributed by atoms with Gasteiger partial charge in [0.05, 0.1) is 19.6 Å². The molecule has 0 saturated heterocycles. The van der Waals surface area contributed by atoms with E-state index in [2.05, 4.69) is 15.8 Å². The monoisotopic (exact) mass is 275 g/mol. The lowest BCUT2D eigenvalue weighted by atomic mass is 10.3. The van der Waals surface area contributed by atoms with E-state index >= 15 is 0 Å². The lowest BCUT2D eigenvalue weighted by Crippen LogP contribution is -2.23. The number of hydrazone groups is 1. The number of ether oxygens (including phenoxy) is 1. The maximum atomic E-state index is 5.09. The molecule has 0 aliphatic carbocycles. The second kappa shape index (κ2) is 6.55. The van der Waals surface area contributed by atoms with Crippen LogP contribution >= 0.6 is 12.2 Å². The summed E-state index contributed by atoms with van der Waals surface area (Å²) < 4.78 is 10.2. The third-order valence-electron chi connectivity index (χ3n) is 2.25. The van der Waals surface area contributed by atoms with Gasteiger partial charge in [0.25, 0.3) is 0 Å². The molecule has 6 heteroatoms. The van der Waals surface area contributed by atoms with E-state index in [1.54, 1.807) is 31.7 Å². The van der Waals surface area contributed by atoms with Crippen molar-refractivity contribution in [3.05, 3.63) is 48.4 Å². The minimum absolute atomic E-state index is 0.396. The summed E-state index contributed by atoms with van der Waals surface area (Å²) in [5.74, 6) is 1.44. The van der Waals surface area contributed by atoms with E-state index in [0.717, 1.165) is 11.4 Å². The summed E-state index contributed by atoms with van der Waals surface area (Å²) in [6.07, 6.45) is 3.12. The molecule has 0 radical (unpaired) electrons. The topological polar surface area (TPSA) is 58.8 Å². The zero-order chi connectivity index (χ0) is 13.5. The van der Waals surface area contributed by atoms with Crippen LogP contribution < -0.4 is 15.5 Å². The van der Waals surface area contributed by atoms with Crippen LogP contribution in [0, 0.1) is 0 Å². The Hall–Kier alpha value is -2.34. The molecular weight excluding hydrogens is 262 g/mol. The van der Waals surface area contributed by atoms with E-state index < -0.39 is 0 Å². The van der Waals surface area contributed by atoms with E-state index in [0.29, 0.717) is 10.9 Å². The van der Waals surface area contributed by atoms with Gasteiger partial charge < -0.3 is 14.5 Å². The van der Waals surface area contributed by atoms with Crippen molar-refractivity contribution < 1.29 is 9.15 Å². The maximum Gasteiger partial charge on any atom is 0.191 e. The molecule has 5 nitrogen and oxygen atoms in total. The first-order valence-corrected chi connectivity index (χ1v) is 5.96. The maximum absolute atomic E-state index is 5.09. The second-order valence-electron chi connectivity index (χ2n) is 3.57. The minimum Gasteiger partial charge on any atom is -0.497 e. The highest BCUT2D eigenvalue weighted by Gasteiger charge is 1.97. The Morgan fingerprint density at radius 2 is 2.11 bits per heavy atom. The van der Waals surface area contributed by atoms with E-state index in [-0.39, 0.29) is 0 Å². The summed E-state index contributed by atoms with van der Waals surface area (Å²) in [5.41, 5.74) is 3.55. The molecule has 0 unspecified atom stereocenters. The van der Waals surface area contributed by atoms with Gasteiger partial charge in [-0.2, -0.15) is 5.10 Å². The second-order valence-corrected chi connectivity index (χ2v) is 3.98. The molecule has 1 heterocycles. The minimum atomic E-state index is 0.396. The third kappa shape index (κ3) is 4.11. The van der Waals surface area contributed by atoms with Crippen molar-refractivity contribution in [2.24, 2.45) is 5.10 Å². The van der Waals surface area contributed by atoms with Crippen molar-refractivity contribution in [2.45, 2.75) is 0 Å². The zero-order valence-electron chi connectivity index (χ0n) is 10.3. The molecule has 98 valence electrons. The number of hydrogen-bond donors (Lipinski definition) is 2. The fourth-order valence-corrected chi connectivity index (χ4v) is 1.52. The predicted molar refractivity (Wildman–Crippen MR) is 78.7 cm³/mol. The molecular formula is C13H13N3O2S. The highest BCUT2D eigenvalue weighted by Crippen LogP contribution is 2.14. The molecule has 0 spiro atoms. The Labute approximate surface area is 116 Å². The number of rotatable bonds is 4. The van der Waals surface area contributed by atoms with E-state index in [1.807, 2.05) is 24.3 Å². The van der Waals surface area contributed by atoms with Crippen LogP contribution in [0.4, 0.5) is 5.69 Å². The summed E-state index contributed by atoms with van der Waals surface area (Å²) in [6.45, 7) is 0. The summed E-state index contributed by atoms with van der Waals surface area (Å²) in [4.78, 5) is 0. The molecule has 1 aromatic heterocycles. The third-order valence-corrected chi connectivity index (χ3v) is 2.44. The number of benzene rings is 1. The first-order valence-electron chi connectivity index (χ1n) is 5.55. The fourth-order valence-electron chi connectivity index (χ4n) is 1.35. The van der Waals surface area contributed by atoms with Crippen molar-refractivity contribution >= 4 is 29.2 Å². The number of hydrogen-bond acceptors (Lipinski definition) is 4. The quantitative estimate of drug-likeness (QED) is 0.510. The van der Waals surface area contributed by atoms with Crippen molar-refractivity contribution in [3.8, 4) is 5.75 Å². The van der Waals surface area contributed by atoms with Gasteiger partial charge in [-0.1, -0.05) is 0 Å². The molecule has 0 bridgehead atoms. The van der Waals surface area contributed by atoms with E-state index in [4.69, 9.17) is 21.4 Å². The number of nitrogens with one attached hydrogen (secondary N) is 2. The van der Waals surface area contributed by atoms with Gasteiger partial charge in [0.2, 0.25) is 0 Å². The summed E-state index contributed by atoms with van der Waals surface area (Å²) in [5, 5.41) is 7.34. The number of methoxy groups -OCH3 is 1. The highest BCUT2D eigenvalue weighted by molar-refractivity contribution is 7.80. The van der Waals surface area contributed by atoms with Gasteiger partial charge in [-0.05, 0) is 48.6 Å². The van der Waals surface area contributed by atoms with Gasteiger partial charge in [-0.25, -0.2) is 0 Å². The molecule has 2 aromatic rings. The number of furan rings is 1. The van der Waals surface area contributed by atoms with Crippen LogP contribution in [-0.4, -0.2) is 18.4 Å². The van der Waals surface area contributed by atoms with Crippen molar-refractivity contribution in [2.75, 3.05) is 12.4 Å².